The Balaban J connectivity index is 2.28. The van der Waals surface area contributed by atoms with Crippen molar-refractivity contribution >= 4 is 35.1 Å². The minimum Gasteiger partial charge on any atom is -0.480 e. The van der Waals surface area contributed by atoms with Crippen molar-refractivity contribution in [1.82, 2.24) is 9.88 Å². The van der Waals surface area contributed by atoms with Crippen molar-refractivity contribution in [3.63, 3.8) is 0 Å². The third-order valence-electron chi connectivity index (χ3n) is 3.06. The lowest BCUT2D eigenvalue weighted by Crippen LogP contribution is -2.48. The minimum atomic E-state index is -0.987. The van der Waals surface area contributed by atoms with Crippen LogP contribution in [0.25, 0.3) is 0 Å². The Kier molecular flexibility index (Phi) is 4.27. The van der Waals surface area contributed by atoms with Gasteiger partial charge >= 0.3 is 5.97 Å². The second-order valence-corrected chi connectivity index (χ2v) is 5.12. The molecule has 0 saturated carbocycles. The van der Waals surface area contributed by atoms with Crippen LogP contribution in [-0.4, -0.2) is 39.5 Å². The van der Waals surface area contributed by atoms with Crippen LogP contribution < -0.4 is 0 Å². The number of piperidine rings is 1. The van der Waals surface area contributed by atoms with E-state index in [1.165, 1.54) is 17.0 Å². The second kappa shape index (κ2) is 5.75. The van der Waals surface area contributed by atoms with E-state index in [1.54, 1.807) is 0 Å². The molecule has 0 aliphatic carbocycles. The van der Waals surface area contributed by atoms with E-state index in [4.69, 9.17) is 28.3 Å². The molecular formula is C12H12Cl2N2O3. The van der Waals surface area contributed by atoms with Crippen LogP contribution in [0.1, 0.15) is 29.6 Å². The van der Waals surface area contributed by atoms with Gasteiger partial charge in [-0.25, -0.2) is 9.78 Å². The molecule has 1 atom stereocenters. The lowest BCUT2D eigenvalue weighted by molar-refractivity contribution is -0.143. The molecule has 1 N–H and O–H groups in total. The molecule has 102 valence electrons. The van der Waals surface area contributed by atoms with Crippen LogP contribution in [0, 0.1) is 0 Å². The van der Waals surface area contributed by atoms with Crippen molar-refractivity contribution < 1.29 is 14.7 Å². The number of aromatic nitrogens is 1. The van der Waals surface area contributed by atoms with Gasteiger partial charge in [0.2, 0.25) is 0 Å². The Morgan fingerprint density at radius 1 is 1.26 bits per heavy atom. The molecule has 1 aliphatic rings. The Labute approximate surface area is 120 Å². The molecule has 1 aromatic rings. The average molecular weight is 303 g/mol. The lowest BCUT2D eigenvalue weighted by Gasteiger charge is -2.33. The number of carbonyl (C=O) groups excluding carboxylic acids is 1. The molecule has 2 heterocycles. The summed E-state index contributed by atoms with van der Waals surface area (Å²) in [5.41, 5.74) is 0.262. The number of carboxylic acid groups (broad SMARTS) is 1. The molecule has 1 fully saturated rings. The highest BCUT2D eigenvalue weighted by Gasteiger charge is 2.32. The summed E-state index contributed by atoms with van der Waals surface area (Å²) >= 11 is 11.5. The van der Waals surface area contributed by atoms with Gasteiger partial charge in [0.1, 0.15) is 16.3 Å². The molecule has 0 spiro atoms. The number of nitrogens with zero attached hydrogens (tertiary/aromatic N) is 2. The fourth-order valence-electron chi connectivity index (χ4n) is 2.19. The predicted octanol–water partition coefficient (Wildman–Crippen LogP) is 2.47. The summed E-state index contributed by atoms with van der Waals surface area (Å²) in [5.74, 6) is -1.36. The standard InChI is InChI=1S/C12H12Cl2N2O3/c13-9-5-7(6-10(14)15-9)11(17)16-4-2-1-3-8(16)12(18)19/h5-6,8H,1-4H2,(H,18,19)/t8-/m0/s1. The first-order valence-electron chi connectivity index (χ1n) is 5.86. The van der Waals surface area contributed by atoms with Crippen LogP contribution in [0.15, 0.2) is 12.1 Å². The van der Waals surface area contributed by atoms with Gasteiger partial charge in [0, 0.05) is 12.1 Å². The van der Waals surface area contributed by atoms with Gasteiger partial charge in [0.25, 0.3) is 5.91 Å². The second-order valence-electron chi connectivity index (χ2n) is 4.35. The Bertz CT molecular complexity index is 501. The largest absolute Gasteiger partial charge is 0.480 e. The van der Waals surface area contributed by atoms with Gasteiger partial charge in [-0.2, -0.15) is 0 Å². The molecule has 1 aliphatic heterocycles. The molecule has 0 aromatic carbocycles. The third kappa shape index (κ3) is 3.16. The minimum absolute atomic E-state index is 0.111. The molecule has 7 heteroatoms. The van der Waals surface area contributed by atoms with Gasteiger partial charge in [0.15, 0.2) is 0 Å². The number of rotatable bonds is 2. The number of pyridine rings is 1. The van der Waals surface area contributed by atoms with E-state index in [0.29, 0.717) is 13.0 Å². The number of carboxylic acids is 1. The Hall–Kier alpha value is -1.33. The summed E-state index contributed by atoms with van der Waals surface area (Å²) in [6.45, 7) is 0.424. The normalized spacial score (nSPS) is 19.3. The maximum Gasteiger partial charge on any atom is 0.326 e. The maximum absolute atomic E-state index is 12.3. The number of amides is 1. The van der Waals surface area contributed by atoms with E-state index in [0.717, 1.165) is 12.8 Å². The Morgan fingerprint density at radius 3 is 2.47 bits per heavy atom. The zero-order valence-electron chi connectivity index (χ0n) is 9.97. The summed E-state index contributed by atoms with van der Waals surface area (Å²) in [5, 5.41) is 9.38. The predicted molar refractivity (Wildman–Crippen MR) is 70.6 cm³/mol. The zero-order chi connectivity index (χ0) is 14.0. The molecule has 5 nitrogen and oxygen atoms in total. The van der Waals surface area contributed by atoms with Crippen molar-refractivity contribution in [3.05, 3.63) is 28.0 Å². The maximum atomic E-state index is 12.3. The zero-order valence-corrected chi connectivity index (χ0v) is 11.5. The van der Waals surface area contributed by atoms with Crippen LogP contribution in [0.4, 0.5) is 0 Å². The number of aliphatic carboxylic acids is 1. The molecule has 0 unspecified atom stereocenters. The van der Waals surface area contributed by atoms with Crippen LogP contribution in [-0.2, 0) is 4.79 Å². The third-order valence-corrected chi connectivity index (χ3v) is 3.45. The van der Waals surface area contributed by atoms with E-state index in [1.807, 2.05) is 0 Å². The highest BCUT2D eigenvalue weighted by atomic mass is 35.5. The number of likely N-dealkylation sites (tertiary alicyclic amines) is 1. The highest BCUT2D eigenvalue weighted by molar-refractivity contribution is 6.33. The van der Waals surface area contributed by atoms with Gasteiger partial charge in [0.05, 0.1) is 0 Å². The summed E-state index contributed by atoms with van der Waals surface area (Å²) in [6.07, 6.45) is 2.06. The first-order chi connectivity index (χ1) is 8.99. The van der Waals surface area contributed by atoms with E-state index in [9.17, 15) is 9.59 Å². The molecular weight excluding hydrogens is 291 g/mol. The number of hydrogen-bond acceptors (Lipinski definition) is 3. The SMILES string of the molecule is O=C(O)[C@@H]1CCCCN1C(=O)c1cc(Cl)nc(Cl)c1. The molecule has 0 radical (unpaired) electrons. The highest BCUT2D eigenvalue weighted by Crippen LogP contribution is 2.22. The van der Waals surface area contributed by atoms with Gasteiger partial charge < -0.3 is 10.0 Å². The molecule has 1 aromatic heterocycles. The van der Waals surface area contributed by atoms with Gasteiger partial charge in [-0.15, -0.1) is 0 Å². The summed E-state index contributed by atoms with van der Waals surface area (Å²) in [6, 6.07) is 2.00. The number of carbonyl (C=O) groups is 2. The van der Waals surface area contributed by atoms with E-state index in [2.05, 4.69) is 4.98 Å². The summed E-state index contributed by atoms with van der Waals surface area (Å²) < 4.78 is 0. The van der Waals surface area contributed by atoms with Crippen molar-refractivity contribution in [3.8, 4) is 0 Å². The van der Waals surface area contributed by atoms with Crippen LogP contribution in [0.3, 0.4) is 0 Å². The van der Waals surface area contributed by atoms with Crippen molar-refractivity contribution in [2.24, 2.45) is 0 Å². The molecule has 0 bridgehead atoms. The average Bonchev–Trinajstić information content (AvgIpc) is 2.36. The van der Waals surface area contributed by atoms with Gasteiger partial charge in [-0.3, -0.25) is 4.79 Å². The molecule has 19 heavy (non-hydrogen) atoms. The number of halogens is 2. The fourth-order valence-corrected chi connectivity index (χ4v) is 2.65. The van der Waals surface area contributed by atoms with E-state index < -0.39 is 12.0 Å². The monoisotopic (exact) mass is 302 g/mol. The smallest absolute Gasteiger partial charge is 0.326 e. The van der Waals surface area contributed by atoms with Crippen LogP contribution in [0.2, 0.25) is 10.3 Å². The first-order valence-corrected chi connectivity index (χ1v) is 6.61. The van der Waals surface area contributed by atoms with Crippen molar-refractivity contribution in [1.29, 1.82) is 0 Å². The van der Waals surface area contributed by atoms with E-state index in [-0.39, 0.29) is 21.8 Å². The van der Waals surface area contributed by atoms with E-state index >= 15 is 0 Å². The quantitative estimate of drug-likeness (QED) is 0.852. The van der Waals surface area contributed by atoms with Crippen molar-refractivity contribution in [2.45, 2.75) is 25.3 Å². The molecule has 1 saturated heterocycles. The fraction of sp³-hybridized carbons (Fsp3) is 0.417. The molecule has 2 rings (SSSR count). The van der Waals surface area contributed by atoms with Crippen LogP contribution in [0.5, 0.6) is 0 Å². The Morgan fingerprint density at radius 2 is 1.89 bits per heavy atom. The topological polar surface area (TPSA) is 70.5 Å². The lowest BCUT2D eigenvalue weighted by atomic mass is 10.0. The van der Waals surface area contributed by atoms with Crippen molar-refractivity contribution in [2.75, 3.05) is 6.54 Å². The number of hydrogen-bond donors (Lipinski definition) is 1. The van der Waals surface area contributed by atoms with Gasteiger partial charge in [-0.05, 0) is 31.4 Å². The van der Waals surface area contributed by atoms with Crippen LogP contribution >= 0.6 is 23.2 Å². The molecule has 1 amide bonds. The summed E-state index contributed by atoms with van der Waals surface area (Å²) in [4.78, 5) is 28.6. The first kappa shape index (κ1) is 14.1. The van der Waals surface area contributed by atoms with Gasteiger partial charge in [-0.1, -0.05) is 23.2 Å². The summed E-state index contributed by atoms with van der Waals surface area (Å²) in [7, 11) is 0.